The summed E-state index contributed by atoms with van der Waals surface area (Å²) in [4.78, 5) is 16.8. The molecule has 0 saturated carbocycles. The summed E-state index contributed by atoms with van der Waals surface area (Å²) in [6, 6.07) is 16.6. The van der Waals surface area contributed by atoms with Crippen LogP contribution in [0, 0.1) is 6.92 Å². The Morgan fingerprint density at radius 1 is 0.963 bits per heavy atom. The Morgan fingerprint density at radius 2 is 1.59 bits per heavy atom. The zero-order valence-corrected chi connectivity index (χ0v) is 15.3. The number of hydrogen-bond donors (Lipinski definition) is 3. The van der Waals surface area contributed by atoms with Gasteiger partial charge in [0.1, 0.15) is 5.82 Å². The number of anilines is 3. The highest BCUT2D eigenvalue weighted by Crippen LogP contribution is 2.21. The Kier molecular flexibility index (Phi) is 5.20. The third-order valence-electron chi connectivity index (χ3n) is 3.81. The Hall–Kier alpha value is -3.23. The smallest absolute Gasteiger partial charge is 0.259 e. The summed E-state index contributed by atoms with van der Waals surface area (Å²) in [5.74, 6) is 0.0427. The molecule has 4 N–H and O–H groups in total. The van der Waals surface area contributed by atoms with Gasteiger partial charge in [0.2, 0.25) is 10.0 Å². The molecule has 27 heavy (non-hydrogen) atoms. The van der Waals surface area contributed by atoms with Crippen LogP contribution in [-0.2, 0) is 10.0 Å². The van der Waals surface area contributed by atoms with Gasteiger partial charge in [0, 0.05) is 17.6 Å². The van der Waals surface area contributed by atoms with Crippen LogP contribution in [-0.4, -0.2) is 19.3 Å². The topological polar surface area (TPSA) is 114 Å². The van der Waals surface area contributed by atoms with Crippen LogP contribution in [0.15, 0.2) is 71.8 Å². The normalized spacial score (nSPS) is 11.0. The lowest BCUT2D eigenvalue weighted by Gasteiger charge is -2.12. The first-order valence-corrected chi connectivity index (χ1v) is 9.60. The number of benzene rings is 2. The third-order valence-corrected chi connectivity index (χ3v) is 4.74. The zero-order valence-electron chi connectivity index (χ0n) is 14.5. The number of sulfonamides is 1. The molecule has 3 aromatic rings. The number of nitrogens with zero attached hydrogens (tertiary/aromatic N) is 1. The molecule has 0 aliphatic heterocycles. The molecule has 7 nitrogen and oxygen atoms in total. The number of primary sulfonamides is 1. The number of hydrogen-bond acceptors (Lipinski definition) is 5. The van der Waals surface area contributed by atoms with E-state index in [4.69, 9.17) is 5.14 Å². The van der Waals surface area contributed by atoms with E-state index in [2.05, 4.69) is 15.6 Å². The molecule has 0 atom stereocenters. The van der Waals surface area contributed by atoms with Crippen LogP contribution in [0.2, 0.25) is 0 Å². The van der Waals surface area contributed by atoms with E-state index in [-0.39, 0.29) is 10.8 Å². The number of amides is 1. The Balaban J connectivity index is 1.81. The van der Waals surface area contributed by atoms with E-state index in [0.29, 0.717) is 22.8 Å². The molecule has 138 valence electrons. The van der Waals surface area contributed by atoms with E-state index < -0.39 is 10.0 Å². The molecule has 3 rings (SSSR count). The maximum atomic E-state index is 12.6. The van der Waals surface area contributed by atoms with Crippen molar-refractivity contribution in [2.24, 2.45) is 5.14 Å². The van der Waals surface area contributed by atoms with Crippen LogP contribution in [0.25, 0.3) is 0 Å². The molecule has 1 aromatic heterocycles. The lowest BCUT2D eigenvalue weighted by molar-refractivity contribution is 0.102. The van der Waals surface area contributed by atoms with Crippen molar-refractivity contribution in [1.29, 1.82) is 0 Å². The van der Waals surface area contributed by atoms with Crippen LogP contribution in [0.4, 0.5) is 17.2 Å². The van der Waals surface area contributed by atoms with E-state index in [0.717, 1.165) is 5.56 Å². The second-order valence-electron chi connectivity index (χ2n) is 5.91. The average Bonchev–Trinajstić information content (AvgIpc) is 2.64. The van der Waals surface area contributed by atoms with Gasteiger partial charge < -0.3 is 10.6 Å². The van der Waals surface area contributed by atoms with Gasteiger partial charge in [0.15, 0.2) is 0 Å². The highest BCUT2D eigenvalue weighted by molar-refractivity contribution is 7.89. The zero-order chi connectivity index (χ0) is 19.4. The average molecular weight is 382 g/mol. The van der Waals surface area contributed by atoms with Crippen LogP contribution in [0.5, 0.6) is 0 Å². The number of aromatic nitrogens is 1. The van der Waals surface area contributed by atoms with E-state index >= 15 is 0 Å². The number of carbonyl (C=O) groups excluding carboxylic acids is 1. The summed E-state index contributed by atoms with van der Waals surface area (Å²) in [6.45, 7) is 1.97. The third kappa shape index (κ3) is 4.69. The second kappa shape index (κ2) is 7.56. The van der Waals surface area contributed by atoms with Gasteiger partial charge >= 0.3 is 0 Å². The summed E-state index contributed by atoms with van der Waals surface area (Å²) in [5.41, 5.74) is 2.71. The van der Waals surface area contributed by atoms with Gasteiger partial charge in [-0.1, -0.05) is 17.7 Å². The van der Waals surface area contributed by atoms with Gasteiger partial charge in [0.05, 0.1) is 10.5 Å². The maximum Gasteiger partial charge on any atom is 0.259 e. The summed E-state index contributed by atoms with van der Waals surface area (Å²) in [5, 5.41) is 10.9. The Morgan fingerprint density at radius 3 is 2.22 bits per heavy atom. The number of rotatable bonds is 5. The van der Waals surface area contributed by atoms with Gasteiger partial charge in [-0.25, -0.2) is 18.5 Å². The van der Waals surface area contributed by atoms with Crippen molar-refractivity contribution in [1.82, 2.24) is 4.98 Å². The van der Waals surface area contributed by atoms with Gasteiger partial charge in [-0.2, -0.15) is 0 Å². The SMILES string of the molecule is Cc1ccc(NC(=O)c2cccnc2Nc2ccc(S(N)(=O)=O)cc2)cc1. The number of nitrogens with two attached hydrogens (primary N) is 1. The Labute approximate surface area is 157 Å². The number of nitrogens with one attached hydrogen (secondary N) is 2. The summed E-state index contributed by atoms with van der Waals surface area (Å²) in [7, 11) is -3.76. The number of carbonyl (C=O) groups is 1. The summed E-state index contributed by atoms with van der Waals surface area (Å²) < 4.78 is 22.7. The Bertz CT molecular complexity index is 1060. The van der Waals surface area contributed by atoms with Gasteiger partial charge in [0.25, 0.3) is 5.91 Å². The standard InChI is InChI=1S/C19H18N4O3S/c1-13-4-6-15(7-5-13)23-19(24)17-3-2-12-21-18(17)22-14-8-10-16(11-9-14)27(20,25)26/h2-12H,1H3,(H,21,22)(H,23,24)(H2,20,25,26). The van der Waals surface area contributed by atoms with Gasteiger partial charge in [-0.15, -0.1) is 0 Å². The number of aryl methyl sites for hydroxylation is 1. The van der Waals surface area contributed by atoms with Crippen molar-refractivity contribution in [3.8, 4) is 0 Å². The molecule has 0 aliphatic rings. The van der Waals surface area contributed by atoms with E-state index in [1.807, 2.05) is 31.2 Å². The first-order valence-electron chi connectivity index (χ1n) is 8.06. The highest BCUT2D eigenvalue weighted by Gasteiger charge is 2.13. The minimum atomic E-state index is -3.76. The van der Waals surface area contributed by atoms with Crippen LogP contribution in [0.3, 0.4) is 0 Å². The molecule has 1 amide bonds. The monoisotopic (exact) mass is 382 g/mol. The lowest BCUT2D eigenvalue weighted by atomic mass is 10.2. The van der Waals surface area contributed by atoms with Crippen molar-refractivity contribution < 1.29 is 13.2 Å². The quantitative estimate of drug-likeness (QED) is 0.627. The van der Waals surface area contributed by atoms with Crippen molar-refractivity contribution in [3.05, 3.63) is 78.0 Å². The molecule has 0 aliphatic carbocycles. The van der Waals surface area contributed by atoms with Crippen LogP contribution >= 0.6 is 0 Å². The van der Waals surface area contributed by atoms with Crippen molar-refractivity contribution >= 4 is 33.1 Å². The first-order chi connectivity index (χ1) is 12.8. The fourth-order valence-electron chi connectivity index (χ4n) is 2.39. The molecule has 2 aromatic carbocycles. The summed E-state index contributed by atoms with van der Waals surface area (Å²) in [6.07, 6.45) is 1.56. The predicted octanol–water partition coefficient (Wildman–Crippen LogP) is 3.03. The molecule has 1 heterocycles. The van der Waals surface area contributed by atoms with Crippen molar-refractivity contribution in [2.75, 3.05) is 10.6 Å². The van der Waals surface area contributed by atoms with Crippen molar-refractivity contribution in [2.45, 2.75) is 11.8 Å². The minimum Gasteiger partial charge on any atom is -0.340 e. The molecular weight excluding hydrogens is 364 g/mol. The minimum absolute atomic E-state index is 0.00593. The number of pyridine rings is 1. The molecule has 0 fully saturated rings. The van der Waals surface area contributed by atoms with Gasteiger partial charge in [-0.05, 0) is 55.5 Å². The lowest BCUT2D eigenvalue weighted by Crippen LogP contribution is -2.14. The van der Waals surface area contributed by atoms with E-state index in [1.54, 1.807) is 30.5 Å². The van der Waals surface area contributed by atoms with E-state index in [9.17, 15) is 13.2 Å². The molecule has 0 spiro atoms. The van der Waals surface area contributed by atoms with Gasteiger partial charge in [-0.3, -0.25) is 4.79 Å². The molecular formula is C19H18N4O3S. The molecule has 8 heteroatoms. The first kappa shape index (κ1) is 18.6. The van der Waals surface area contributed by atoms with Crippen LogP contribution in [0.1, 0.15) is 15.9 Å². The fourth-order valence-corrected chi connectivity index (χ4v) is 2.90. The fraction of sp³-hybridized carbons (Fsp3) is 0.0526. The van der Waals surface area contributed by atoms with Crippen molar-refractivity contribution in [3.63, 3.8) is 0 Å². The van der Waals surface area contributed by atoms with E-state index in [1.165, 1.54) is 12.1 Å². The molecule has 0 saturated heterocycles. The maximum absolute atomic E-state index is 12.6. The second-order valence-corrected chi connectivity index (χ2v) is 7.48. The van der Waals surface area contributed by atoms with Crippen LogP contribution < -0.4 is 15.8 Å². The summed E-state index contributed by atoms with van der Waals surface area (Å²) >= 11 is 0. The molecule has 0 radical (unpaired) electrons. The highest BCUT2D eigenvalue weighted by atomic mass is 32.2. The predicted molar refractivity (Wildman–Crippen MR) is 104 cm³/mol. The molecule has 0 bridgehead atoms. The largest absolute Gasteiger partial charge is 0.340 e. The molecule has 0 unspecified atom stereocenters.